The summed E-state index contributed by atoms with van der Waals surface area (Å²) in [5, 5.41) is 0. The molecule has 3 heterocycles. The van der Waals surface area contributed by atoms with Gasteiger partial charge in [-0.1, -0.05) is 18.2 Å². The molecule has 0 radical (unpaired) electrons. The van der Waals surface area contributed by atoms with Gasteiger partial charge in [0.1, 0.15) is 0 Å². The number of H-pyrrole nitrogens is 1. The summed E-state index contributed by atoms with van der Waals surface area (Å²) in [5.74, 6) is 1.61. The van der Waals surface area contributed by atoms with Crippen molar-refractivity contribution < 1.29 is 0 Å². The Balaban J connectivity index is 1.74. The quantitative estimate of drug-likeness (QED) is 0.625. The van der Waals surface area contributed by atoms with Gasteiger partial charge in [0.2, 0.25) is 0 Å². The maximum Gasteiger partial charge on any atom is 0.176 e. The smallest absolute Gasteiger partial charge is 0.176 e. The molecular weight excluding hydrogens is 262 g/mol. The van der Waals surface area contributed by atoms with E-state index in [0.717, 1.165) is 34.8 Å². The Hall–Kier alpha value is -2.95. The highest BCUT2D eigenvalue weighted by Gasteiger charge is 2.11. The highest BCUT2D eigenvalue weighted by Crippen LogP contribution is 2.19. The molecule has 3 aromatic heterocycles. The molecule has 0 amide bonds. The number of imidazole rings is 2. The summed E-state index contributed by atoms with van der Waals surface area (Å²) in [6, 6.07) is 12.0. The van der Waals surface area contributed by atoms with Gasteiger partial charge in [-0.3, -0.25) is 4.98 Å². The van der Waals surface area contributed by atoms with Gasteiger partial charge in [0.15, 0.2) is 11.6 Å². The molecule has 0 spiro atoms. The Morgan fingerprint density at radius 1 is 1.05 bits per heavy atom. The highest BCUT2D eigenvalue weighted by atomic mass is 15.1. The average molecular weight is 275 g/mol. The molecule has 5 heteroatoms. The van der Waals surface area contributed by atoms with E-state index >= 15 is 0 Å². The summed E-state index contributed by atoms with van der Waals surface area (Å²) in [5.41, 5.74) is 3.10. The first-order valence-corrected chi connectivity index (χ1v) is 6.75. The van der Waals surface area contributed by atoms with Crippen LogP contribution in [0.2, 0.25) is 0 Å². The number of nitrogens with one attached hydrogen (secondary N) is 1. The molecule has 0 fully saturated rings. The monoisotopic (exact) mass is 275 g/mol. The van der Waals surface area contributed by atoms with Gasteiger partial charge in [0.05, 0.1) is 17.6 Å². The third-order valence-electron chi connectivity index (χ3n) is 3.39. The van der Waals surface area contributed by atoms with Crippen LogP contribution in [0.15, 0.2) is 61.2 Å². The summed E-state index contributed by atoms with van der Waals surface area (Å²) in [6.45, 7) is 0.722. The summed E-state index contributed by atoms with van der Waals surface area (Å²) in [4.78, 5) is 16.5. The molecule has 4 rings (SSSR count). The number of rotatable bonds is 3. The maximum atomic E-state index is 4.60. The predicted octanol–water partition coefficient (Wildman–Crippen LogP) is 2.87. The Labute approximate surface area is 121 Å². The second-order valence-corrected chi connectivity index (χ2v) is 4.84. The number of pyridine rings is 1. The van der Waals surface area contributed by atoms with Crippen LogP contribution in [0.5, 0.6) is 0 Å². The Morgan fingerprint density at radius 2 is 2.00 bits per heavy atom. The number of fused-ring (bicyclic) bond motifs is 1. The van der Waals surface area contributed by atoms with Crippen LogP contribution in [0, 0.1) is 0 Å². The van der Waals surface area contributed by atoms with Gasteiger partial charge < -0.3 is 9.55 Å². The molecule has 0 aliphatic rings. The van der Waals surface area contributed by atoms with Crippen molar-refractivity contribution in [1.29, 1.82) is 0 Å². The number of hydrogen-bond acceptors (Lipinski definition) is 3. The lowest BCUT2D eigenvalue weighted by Crippen LogP contribution is -2.02. The fourth-order valence-corrected chi connectivity index (χ4v) is 2.40. The van der Waals surface area contributed by atoms with Gasteiger partial charge in [-0.15, -0.1) is 0 Å². The first-order chi connectivity index (χ1) is 10.4. The van der Waals surface area contributed by atoms with E-state index in [1.807, 2.05) is 42.7 Å². The van der Waals surface area contributed by atoms with Crippen molar-refractivity contribution in [3.05, 3.63) is 66.7 Å². The van der Waals surface area contributed by atoms with Crippen molar-refractivity contribution in [2.75, 3.05) is 0 Å². The van der Waals surface area contributed by atoms with E-state index in [4.69, 9.17) is 0 Å². The van der Waals surface area contributed by atoms with Crippen molar-refractivity contribution in [3.8, 4) is 11.6 Å². The zero-order chi connectivity index (χ0) is 14.1. The molecule has 102 valence electrons. The van der Waals surface area contributed by atoms with Crippen LogP contribution in [0.4, 0.5) is 0 Å². The predicted molar refractivity (Wildman–Crippen MR) is 80.7 cm³/mol. The highest BCUT2D eigenvalue weighted by molar-refractivity contribution is 5.78. The lowest BCUT2D eigenvalue weighted by Gasteiger charge is -2.05. The number of benzene rings is 1. The summed E-state index contributed by atoms with van der Waals surface area (Å²) in [7, 11) is 0. The molecule has 0 atom stereocenters. The van der Waals surface area contributed by atoms with E-state index in [1.165, 1.54) is 0 Å². The molecule has 5 nitrogen and oxygen atoms in total. The summed E-state index contributed by atoms with van der Waals surface area (Å²) >= 11 is 0. The molecule has 0 saturated carbocycles. The summed E-state index contributed by atoms with van der Waals surface area (Å²) < 4.78 is 2.06. The summed E-state index contributed by atoms with van der Waals surface area (Å²) in [6.07, 6.45) is 7.38. The maximum absolute atomic E-state index is 4.60. The van der Waals surface area contributed by atoms with Gasteiger partial charge in [0, 0.05) is 24.8 Å². The zero-order valence-corrected chi connectivity index (χ0v) is 11.3. The van der Waals surface area contributed by atoms with Crippen LogP contribution in [0.25, 0.3) is 22.7 Å². The van der Waals surface area contributed by atoms with Gasteiger partial charge >= 0.3 is 0 Å². The third kappa shape index (κ3) is 2.18. The molecule has 0 aliphatic heterocycles. The number of nitrogens with zero attached hydrogens (tertiary/aromatic N) is 4. The van der Waals surface area contributed by atoms with Crippen molar-refractivity contribution in [2.45, 2.75) is 6.54 Å². The van der Waals surface area contributed by atoms with Crippen molar-refractivity contribution >= 4 is 11.0 Å². The lowest BCUT2D eigenvalue weighted by molar-refractivity contribution is 0.797. The second kappa shape index (κ2) is 4.86. The average Bonchev–Trinajstić information content (AvgIpc) is 3.14. The first-order valence-electron chi connectivity index (χ1n) is 6.75. The molecule has 1 N–H and O–H groups in total. The molecule has 4 aromatic rings. The van der Waals surface area contributed by atoms with Gasteiger partial charge in [-0.25, -0.2) is 9.97 Å². The molecule has 1 aromatic carbocycles. The fraction of sp³-hybridized carbons (Fsp3) is 0.0625. The molecule has 21 heavy (non-hydrogen) atoms. The zero-order valence-electron chi connectivity index (χ0n) is 11.3. The van der Waals surface area contributed by atoms with Gasteiger partial charge in [-0.2, -0.15) is 0 Å². The molecule has 0 saturated heterocycles. The number of para-hydroxylation sites is 2. The van der Waals surface area contributed by atoms with E-state index in [0.29, 0.717) is 0 Å². The van der Waals surface area contributed by atoms with Gasteiger partial charge in [0.25, 0.3) is 0 Å². The number of hydrogen-bond donors (Lipinski definition) is 1. The van der Waals surface area contributed by atoms with Crippen LogP contribution >= 0.6 is 0 Å². The van der Waals surface area contributed by atoms with E-state index < -0.39 is 0 Å². The van der Waals surface area contributed by atoms with Crippen molar-refractivity contribution in [2.24, 2.45) is 0 Å². The first kappa shape index (κ1) is 11.8. The molecular formula is C16H13N5. The topological polar surface area (TPSA) is 59.4 Å². The van der Waals surface area contributed by atoms with Crippen molar-refractivity contribution in [3.63, 3.8) is 0 Å². The SMILES string of the molecule is c1cncc(Cn2ccnc2-c2nc3ccccc3[nH]2)c1. The van der Waals surface area contributed by atoms with Crippen LogP contribution in [-0.4, -0.2) is 24.5 Å². The Kier molecular flexibility index (Phi) is 2.74. The van der Waals surface area contributed by atoms with E-state index in [1.54, 1.807) is 12.4 Å². The Bertz CT molecular complexity index is 843. The largest absolute Gasteiger partial charge is 0.335 e. The Morgan fingerprint density at radius 3 is 2.86 bits per heavy atom. The van der Waals surface area contributed by atoms with E-state index in [9.17, 15) is 0 Å². The molecule has 0 bridgehead atoms. The number of aromatic nitrogens is 5. The lowest BCUT2D eigenvalue weighted by atomic mass is 10.3. The second-order valence-electron chi connectivity index (χ2n) is 4.84. The van der Waals surface area contributed by atoms with E-state index in [2.05, 4.69) is 30.6 Å². The van der Waals surface area contributed by atoms with Crippen LogP contribution in [-0.2, 0) is 6.54 Å². The normalized spacial score (nSPS) is 11.0. The van der Waals surface area contributed by atoms with Crippen LogP contribution in [0.1, 0.15) is 5.56 Å². The minimum absolute atomic E-state index is 0.722. The fourth-order valence-electron chi connectivity index (χ4n) is 2.40. The van der Waals surface area contributed by atoms with E-state index in [-0.39, 0.29) is 0 Å². The van der Waals surface area contributed by atoms with Crippen LogP contribution < -0.4 is 0 Å². The third-order valence-corrected chi connectivity index (χ3v) is 3.39. The number of aromatic amines is 1. The standard InChI is InChI=1S/C16H13N5/c1-2-6-14-13(5-1)19-15(20-14)16-18-8-9-21(16)11-12-4-3-7-17-10-12/h1-10H,11H2,(H,19,20). The molecule has 0 unspecified atom stereocenters. The molecule has 0 aliphatic carbocycles. The van der Waals surface area contributed by atoms with Gasteiger partial charge in [-0.05, 0) is 23.8 Å². The van der Waals surface area contributed by atoms with Crippen LogP contribution in [0.3, 0.4) is 0 Å². The minimum atomic E-state index is 0.722. The van der Waals surface area contributed by atoms with Crippen molar-refractivity contribution in [1.82, 2.24) is 24.5 Å². The minimum Gasteiger partial charge on any atom is -0.335 e.